The van der Waals surface area contributed by atoms with Crippen molar-refractivity contribution in [2.24, 2.45) is 0 Å². The molecule has 1 nitrogen and oxygen atoms in total. The standard InChI is InChI=1S/C7H8BN/c8-7-3-1-2-6(4-7)5-9/h1-5,9H,8H2. The first-order chi connectivity index (χ1) is 4.33. The number of rotatable bonds is 1. The van der Waals surface area contributed by atoms with Gasteiger partial charge in [-0.25, -0.2) is 0 Å². The molecule has 0 atom stereocenters. The minimum absolute atomic E-state index is 0.968. The first-order valence-corrected chi connectivity index (χ1v) is 2.90. The van der Waals surface area contributed by atoms with Gasteiger partial charge in [0.1, 0.15) is 7.85 Å². The minimum atomic E-state index is 0.968. The Hall–Kier alpha value is -1.05. The van der Waals surface area contributed by atoms with E-state index in [1.807, 2.05) is 32.1 Å². The van der Waals surface area contributed by atoms with Gasteiger partial charge in [0.05, 0.1) is 0 Å². The first kappa shape index (κ1) is 6.08. The van der Waals surface area contributed by atoms with E-state index in [0.717, 1.165) is 5.56 Å². The van der Waals surface area contributed by atoms with Gasteiger partial charge in [0.25, 0.3) is 0 Å². The maximum atomic E-state index is 6.92. The summed E-state index contributed by atoms with van der Waals surface area (Å²) in [5.74, 6) is 0. The smallest absolute Gasteiger partial charge is 0.139 e. The van der Waals surface area contributed by atoms with Gasteiger partial charge in [-0.1, -0.05) is 29.7 Å². The average molecular weight is 117 g/mol. The van der Waals surface area contributed by atoms with Crippen LogP contribution in [0.3, 0.4) is 0 Å². The molecule has 2 heteroatoms. The van der Waals surface area contributed by atoms with Crippen molar-refractivity contribution in [1.82, 2.24) is 0 Å². The maximum absolute atomic E-state index is 6.92. The molecule has 0 aromatic heterocycles. The highest BCUT2D eigenvalue weighted by Crippen LogP contribution is 1.89. The SMILES string of the molecule is Bc1cccc(C=N)c1. The van der Waals surface area contributed by atoms with Crippen molar-refractivity contribution < 1.29 is 0 Å². The van der Waals surface area contributed by atoms with Crippen LogP contribution in [0.25, 0.3) is 0 Å². The topological polar surface area (TPSA) is 23.9 Å². The summed E-state index contributed by atoms with van der Waals surface area (Å²) < 4.78 is 0. The van der Waals surface area contributed by atoms with Crippen LogP contribution in [0.4, 0.5) is 0 Å². The molecule has 0 radical (unpaired) electrons. The van der Waals surface area contributed by atoms with Gasteiger partial charge < -0.3 is 5.41 Å². The van der Waals surface area contributed by atoms with E-state index in [4.69, 9.17) is 5.41 Å². The third-order valence-corrected chi connectivity index (χ3v) is 1.21. The molecule has 1 rings (SSSR count). The summed E-state index contributed by atoms with van der Waals surface area (Å²) in [6, 6.07) is 7.87. The van der Waals surface area contributed by atoms with Crippen LogP contribution < -0.4 is 5.46 Å². The molecular formula is C7H8BN. The van der Waals surface area contributed by atoms with Gasteiger partial charge in [-0.15, -0.1) is 0 Å². The van der Waals surface area contributed by atoms with Crippen LogP contribution in [0.15, 0.2) is 24.3 Å². The number of hydrogen-bond acceptors (Lipinski definition) is 1. The largest absolute Gasteiger partial charge is 0.308 e. The van der Waals surface area contributed by atoms with E-state index in [1.165, 1.54) is 11.7 Å². The van der Waals surface area contributed by atoms with Gasteiger partial charge in [0.2, 0.25) is 0 Å². The molecule has 0 spiro atoms. The van der Waals surface area contributed by atoms with E-state index in [2.05, 4.69) is 0 Å². The van der Waals surface area contributed by atoms with Gasteiger partial charge >= 0.3 is 0 Å². The molecule has 1 aromatic rings. The lowest BCUT2D eigenvalue weighted by molar-refractivity contribution is 1.55. The molecule has 0 aliphatic rings. The van der Waals surface area contributed by atoms with Gasteiger partial charge in [0.15, 0.2) is 0 Å². The molecule has 0 amide bonds. The molecule has 44 valence electrons. The monoisotopic (exact) mass is 117 g/mol. The summed E-state index contributed by atoms with van der Waals surface area (Å²) in [5.41, 5.74) is 2.17. The maximum Gasteiger partial charge on any atom is 0.139 e. The Labute approximate surface area is 55.6 Å². The van der Waals surface area contributed by atoms with Crippen LogP contribution in [-0.4, -0.2) is 14.1 Å². The molecule has 0 unspecified atom stereocenters. The lowest BCUT2D eigenvalue weighted by Crippen LogP contribution is -2.01. The average Bonchev–Trinajstić information content (AvgIpc) is 1.88. The molecule has 0 aliphatic carbocycles. The predicted octanol–water partition coefficient (Wildman–Crippen LogP) is -0.0573. The third kappa shape index (κ3) is 1.42. The van der Waals surface area contributed by atoms with E-state index in [-0.39, 0.29) is 0 Å². The van der Waals surface area contributed by atoms with Crippen LogP contribution in [0.2, 0.25) is 0 Å². The molecule has 0 heterocycles. The molecule has 0 fully saturated rings. The quantitative estimate of drug-likeness (QED) is 0.393. The lowest BCUT2D eigenvalue weighted by Gasteiger charge is -1.91. The second kappa shape index (κ2) is 2.49. The van der Waals surface area contributed by atoms with Crippen molar-refractivity contribution in [1.29, 1.82) is 5.41 Å². The minimum Gasteiger partial charge on any atom is -0.308 e. The molecule has 9 heavy (non-hydrogen) atoms. The molecule has 0 bridgehead atoms. The highest BCUT2D eigenvalue weighted by atomic mass is 14.3. The van der Waals surface area contributed by atoms with Crippen molar-refractivity contribution in [2.75, 3.05) is 0 Å². The van der Waals surface area contributed by atoms with Gasteiger partial charge in [-0.3, -0.25) is 0 Å². The highest BCUT2D eigenvalue weighted by molar-refractivity contribution is 6.32. The Kier molecular flexibility index (Phi) is 1.68. The van der Waals surface area contributed by atoms with Crippen LogP contribution in [0.5, 0.6) is 0 Å². The Morgan fingerprint density at radius 1 is 1.44 bits per heavy atom. The van der Waals surface area contributed by atoms with Crippen molar-refractivity contribution in [3.8, 4) is 0 Å². The second-order valence-electron chi connectivity index (χ2n) is 2.06. The van der Waals surface area contributed by atoms with Crippen molar-refractivity contribution in [2.45, 2.75) is 0 Å². The zero-order chi connectivity index (χ0) is 6.69. The summed E-state index contributed by atoms with van der Waals surface area (Å²) >= 11 is 0. The molecule has 1 aromatic carbocycles. The van der Waals surface area contributed by atoms with E-state index in [9.17, 15) is 0 Å². The molecule has 0 saturated carbocycles. The Morgan fingerprint density at radius 2 is 2.22 bits per heavy atom. The van der Waals surface area contributed by atoms with E-state index >= 15 is 0 Å². The highest BCUT2D eigenvalue weighted by Gasteiger charge is 1.84. The van der Waals surface area contributed by atoms with E-state index < -0.39 is 0 Å². The number of nitrogens with one attached hydrogen (secondary N) is 1. The predicted molar refractivity (Wildman–Crippen MR) is 42.5 cm³/mol. The fraction of sp³-hybridized carbons (Fsp3) is 0. The lowest BCUT2D eigenvalue weighted by atomic mass is 9.95. The number of benzene rings is 1. The molecule has 0 aliphatic heterocycles. The fourth-order valence-electron chi connectivity index (χ4n) is 0.760. The van der Waals surface area contributed by atoms with Crippen LogP contribution >= 0.6 is 0 Å². The summed E-state index contributed by atoms with van der Waals surface area (Å²) in [6.07, 6.45) is 1.35. The Bertz CT molecular complexity index is 220. The summed E-state index contributed by atoms with van der Waals surface area (Å²) in [4.78, 5) is 0. The fourth-order valence-corrected chi connectivity index (χ4v) is 0.760. The van der Waals surface area contributed by atoms with Crippen molar-refractivity contribution in [3.05, 3.63) is 29.8 Å². The second-order valence-corrected chi connectivity index (χ2v) is 2.06. The van der Waals surface area contributed by atoms with Crippen molar-refractivity contribution in [3.63, 3.8) is 0 Å². The van der Waals surface area contributed by atoms with Crippen LogP contribution in [0.1, 0.15) is 5.56 Å². The zero-order valence-corrected chi connectivity index (χ0v) is 5.39. The zero-order valence-electron chi connectivity index (χ0n) is 5.39. The Morgan fingerprint density at radius 3 is 2.67 bits per heavy atom. The summed E-state index contributed by atoms with van der Waals surface area (Å²) in [7, 11) is 2.02. The van der Waals surface area contributed by atoms with Gasteiger partial charge in [-0.2, -0.15) is 0 Å². The van der Waals surface area contributed by atoms with Crippen molar-refractivity contribution >= 4 is 19.5 Å². The van der Waals surface area contributed by atoms with Crippen LogP contribution in [-0.2, 0) is 0 Å². The first-order valence-electron chi connectivity index (χ1n) is 2.90. The number of hydrogen-bond donors (Lipinski definition) is 1. The third-order valence-electron chi connectivity index (χ3n) is 1.21. The summed E-state index contributed by atoms with van der Waals surface area (Å²) in [6.45, 7) is 0. The van der Waals surface area contributed by atoms with Gasteiger partial charge in [-0.05, 0) is 5.56 Å². The molecule has 1 N–H and O–H groups in total. The van der Waals surface area contributed by atoms with Gasteiger partial charge in [0, 0.05) is 6.21 Å². The normalized spacial score (nSPS) is 8.89. The van der Waals surface area contributed by atoms with Crippen LogP contribution in [0, 0.1) is 5.41 Å². The Balaban J connectivity index is 3.07. The van der Waals surface area contributed by atoms with E-state index in [1.54, 1.807) is 0 Å². The molecule has 0 saturated heterocycles. The molecular weight excluding hydrogens is 109 g/mol. The summed E-state index contributed by atoms with van der Waals surface area (Å²) in [5, 5.41) is 6.92. The van der Waals surface area contributed by atoms with E-state index in [0.29, 0.717) is 0 Å².